The Bertz CT molecular complexity index is 356. The standard InChI is InChI=1S/C12H20N4/c1-9(13)7-11-8-12(15-10(2)14-11)16-5-3-4-6-16/h8-9H,3-7,13H2,1-2H3. The molecule has 2 heterocycles. The number of anilines is 1. The highest BCUT2D eigenvalue weighted by Gasteiger charge is 2.15. The second-order valence-electron chi connectivity index (χ2n) is 4.64. The molecule has 0 amide bonds. The molecule has 0 bridgehead atoms. The Morgan fingerprint density at radius 2 is 2.06 bits per heavy atom. The van der Waals surface area contributed by atoms with Crippen LogP contribution in [0.1, 0.15) is 31.3 Å². The molecule has 1 aliphatic heterocycles. The molecular formula is C12H20N4. The van der Waals surface area contributed by atoms with Gasteiger partial charge >= 0.3 is 0 Å². The van der Waals surface area contributed by atoms with E-state index in [-0.39, 0.29) is 6.04 Å². The van der Waals surface area contributed by atoms with Gasteiger partial charge in [-0.05, 0) is 26.7 Å². The molecule has 1 saturated heterocycles. The number of hydrogen-bond donors (Lipinski definition) is 1. The lowest BCUT2D eigenvalue weighted by atomic mass is 10.2. The van der Waals surface area contributed by atoms with Gasteiger partial charge in [0, 0.05) is 37.3 Å². The fraction of sp³-hybridized carbons (Fsp3) is 0.667. The van der Waals surface area contributed by atoms with E-state index in [1.165, 1.54) is 12.8 Å². The zero-order valence-electron chi connectivity index (χ0n) is 10.1. The minimum atomic E-state index is 0.153. The predicted octanol–water partition coefficient (Wildman–Crippen LogP) is 1.27. The molecule has 0 radical (unpaired) electrons. The molecule has 1 aliphatic rings. The van der Waals surface area contributed by atoms with Crippen LogP contribution in [0.2, 0.25) is 0 Å². The first-order valence-corrected chi connectivity index (χ1v) is 6.00. The largest absolute Gasteiger partial charge is 0.357 e. The summed E-state index contributed by atoms with van der Waals surface area (Å²) in [7, 11) is 0. The molecule has 1 atom stereocenters. The van der Waals surface area contributed by atoms with Crippen molar-refractivity contribution in [1.82, 2.24) is 9.97 Å². The van der Waals surface area contributed by atoms with Gasteiger partial charge in [-0.15, -0.1) is 0 Å². The normalized spacial score (nSPS) is 17.8. The van der Waals surface area contributed by atoms with Crippen molar-refractivity contribution in [3.8, 4) is 0 Å². The zero-order chi connectivity index (χ0) is 11.5. The van der Waals surface area contributed by atoms with Crippen LogP contribution in [0.4, 0.5) is 5.82 Å². The highest BCUT2D eigenvalue weighted by Crippen LogP contribution is 2.18. The molecule has 0 aromatic carbocycles. The van der Waals surface area contributed by atoms with Crippen molar-refractivity contribution in [2.75, 3.05) is 18.0 Å². The average molecular weight is 220 g/mol. The Hall–Kier alpha value is -1.16. The van der Waals surface area contributed by atoms with Crippen LogP contribution in [-0.2, 0) is 6.42 Å². The first-order chi connectivity index (χ1) is 7.65. The molecule has 0 saturated carbocycles. The van der Waals surface area contributed by atoms with Crippen molar-refractivity contribution in [2.24, 2.45) is 5.73 Å². The van der Waals surface area contributed by atoms with Gasteiger partial charge in [0.2, 0.25) is 0 Å². The van der Waals surface area contributed by atoms with E-state index in [0.29, 0.717) is 0 Å². The molecule has 0 spiro atoms. The van der Waals surface area contributed by atoms with Crippen molar-refractivity contribution >= 4 is 5.82 Å². The van der Waals surface area contributed by atoms with Crippen LogP contribution < -0.4 is 10.6 Å². The summed E-state index contributed by atoms with van der Waals surface area (Å²) in [4.78, 5) is 11.3. The van der Waals surface area contributed by atoms with Gasteiger partial charge in [0.05, 0.1) is 0 Å². The molecule has 2 N–H and O–H groups in total. The number of aromatic nitrogens is 2. The average Bonchev–Trinajstić information content (AvgIpc) is 2.67. The minimum Gasteiger partial charge on any atom is -0.357 e. The molecule has 1 aromatic heterocycles. The molecular weight excluding hydrogens is 200 g/mol. The van der Waals surface area contributed by atoms with E-state index in [0.717, 1.165) is 36.8 Å². The second kappa shape index (κ2) is 4.78. The molecule has 1 unspecified atom stereocenters. The first kappa shape index (κ1) is 11.3. The van der Waals surface area contributed by atoms with Gasteiger partial charge in [0.25, 0.3) is 0 Å². The topological polar surface area (TPSA) is 55.0 Å². The Balaban J connectivity index is 2.20. The molecule has 4 nitrogen and oxygen atoms in total. The molecule has 88 valence electrons. The lowest BCUT2D eigenvalue weighted by molar-refractivity contribution is 0.714. The molecule has 1 aromatic rings. The smallest absolute Gasteiger partial charge is 0.132 e. The fourth-order valence-electron chi connectivity index (χ4n) is 2.15. The highest BCUT2D eigenvalue weighted by molar-refractivity contribution is 5.40. The quantitative estimate of drug-likeness (QED) is 0.833. The third kappa shape index (κ3) is 2.70. The third-order valence-corrected chi connectivity index (χ3v) is 2.84. The van der Waals surface area contributed by atoms with Crippen LogP contribution in [0.25, 0.3) is 0 Å². The Kier molecular flexibility index (Phi) is 3.39. The maximum Gasteiger partial charge on any atom is 0.132 e. The van der Waals surface area contributed by atoms with Crippen LogP contribution in [0, 0.1) is 6.92 Å². The van der Waals surface area contributed by atoms with Crippen LogP contribution in [0.15, 0.2) is 6.07 Å². The first-order valence-electron chi connectivity index (χ1n) is 6.00. The number of aryl methyl sites for hydroxylation is 1. The van der Waals surface area contributed by atoms with E-state index in [1.54, 1.807) is 0 Å². The van der Waals surface area contributed by atoms with Gasteiger partial charge in [0.1, 0.15) is 11.6 Å². The Morgan fingerprint density at radius 1 is 1.38 bits per heavy atom. The summed E-state index contributed by atoms with van der Waals surface area (Å²) >= 11 is 0. The van der Waals surface area contributed by atoms with E-state index in [1.807, 2.05) is 13.8 Å². The summed E-state index contributed by atoms with van der Waals surface area (Å²) in [6.07, 6.45) is 3.36. The summed E-state index contributed by atoms with van der Waals surface area (Å²) in [6, 6.07) is 2.24. The van der Waals surface area contributed by atoms with Crippen LogP contribution >= 0.6 is 0 Å². The van der Waals surface area contributed by atoms with Crippen molar-refractivity contribution in [2.45, 2.75) is 39.2 Å². The van der Waals surface area contributed by atoms with Gasteiger partial charge in [-0.1, -0.05) is 0 Å². The monoisotopic (exact) mass is 220 g/mol. The molecule has 0 aliphatic carbocycles. The van der Waals surface area contributed by atoms with Crippen LogP contribution in [-0.4, -0.2) is 29.1 Å². The van der Waals surface area contributed by atoms with Gasteiger partial charge in [-0.3, -0.25) is 0 Å². The van der Waals surface area contributed by atoms with Crippen molar-refractivity contribution in [1.29, 1.82) is 0 Å². The lowest BCUT2D eigenvalue weighted by Crippen LogP contribution is -2.22. The predicted molar refractivity (Wildman–Crippen MR) is 65.6 cm³/mol. The summed E-state index contributed by atoms with van der Waals surface area (Å²) in [5, 5.41) is 0. The minimum absolute atomic E-state index is 0.153. The maximum absolute atomic E-state index is 5.80. The van der Waals surface area contributed by atoms with Crippen molar-refractivity contribution in [3.05, 3.63) is 17.6 Å². The number of hydrogen-bond acceptors (Lipinski definition) is 4. The second-order valence-corrected chi connectivity index (χ2v) is 4.64. The van der Waals surface area contributed by atoms with Gasteiger partial charge in [-0.2, -0.15) is 0 Å². The van der Waals surface area contributed by atoms with Crippen LogP contribution in [0.5, 0.6) is 0 Å². The van der Waals surface area contributed by atoms with Gasteiger partial charge < -0.3 is 10.6 Å². The maximum atomic E-state index is 5.80. The summed E-state index contributed by atoms with van der Waals surface area (Å²) < 4.78 is 0. The van der Waals surface area contributed by atoms with E-state index in [4.69, 9.17) is 5.73 Å². The van der Waals surface area contributed by atoms with E-state index >= 15 is 0 Å². The van der Waals surface area contributed by atoms with E-state index < -0.39 is 0 Å². The van der Waals surface area contributed by atoms with Gasteiger partial charge in [-0.25, -0.2) is 9.97 Å². The highest BCUT2D eigenvalue weighted by atomic mass is 15.2. The van der Waals surface area contributed by atoms with Crippen molar-refractivity contribution < 1.29 is 0 Å². The zero-order valence-corrected chi connectivity index (χ0v) is 10.1. The third-order valence-electron chi connectivity index (χ3n) is 2.84. The van der Waals surface area contributed by atoms with E-state index in [9.17, 15) is 0 Å². The van der Waals surface area contributed by atoms with Crippen molar-refractivity contribution in [3.63, 3.8) is 0 Å². The Labute approximate surface area is 96.9 Å². The summed E-state index contributed by atoms with van der Waals surface area (Å²) in [6.45, 7) is 6.19. The molecule has 1 fully saturated rings. The number of nitrogens with zero attached hydrogens (tertiary/aromatic N) is 3. The fourth-order valence-corrected chi connectivity index (χ4v) is 2.15. The summed E-state index contributed by atoms with van der Waals surface area (Å²) in [5.41, 5.74) is 6.86. The summed E-state index contributed by atoms with van der Waals surface area (Å²) in [5.74, 6) is 1.92. The lowest BCUT2D eigenvalue weighted by Gasteiger charge is -2.17. The van der Waals surface area contributed by atoms with Crippen LogP contribution in [0.3, 0.4) is 0 Å². The molecule has 2 rings (SSSR count). The number of nitrogens with two attached hydrogens (primary N) is 1. The van der Waals surface area contributed by atoms with Gasteiger partial charge in [0.15, 0.2) is 0 Å². The SMILES string of the molecule is Cc1nc(CC(C)N)cc(N2CCCC2)n1. The molecule has 16 heavy (non-hydrogen) atoms. The molecule has 4 heteroatoms. The Morgan fingerprint density at radius 3 is 2.69 bits per heavy atom. The number of rotatable bonds is 3. The van der Waals surface area contributed by atoms with E-state index in [2.05, 4.69) is 20.9 Å².